The Balaban J connectivity index is 1.70. The molecule has 4 aliphatic rings. The number of esters is 1. The van der Waals surface area contributed by atoms with E-state index in [9.17, 15) is 39.3 Å². The summed E-state index contributed by atoms with van der Waals surface area (Å²) in [4.78, 5) is 69.8. The van der Waals surface area contributed by atoms with Crippen molar-refractivity contribution in [1.29, 1.82) is 0 Å². The van der Waals surface area contributed by atoms with Gasteiger partial charge in [0.05, 0.1) is 41.3 Å². The predicted octanol–water partition coefficient (Wildman–Crippen LogP) is 5.63. The molecule has 1 aliphatic carbocycles. The Labute approximate surface area is 343 Å². The highest BCUT2D eigenvalue weighted by atomic mass is 16.7. The van der Waals surface area contributed by atoms with Crippen LogP contribution in [0.5, 0.6) is 11.5 Å². The number of methoxy groups -OCH3 is 1. The molecule has 14 nitrogen and oxygen atoms in total. The number of ether oxygens (including phenoxy) is 4. The number of benzene rings is 2. The van der Waals surface area contributed by atoms with Gasteiger partial charge in [0, 0.05) is 61.5 Å². The van der Waals surface area contributed by atoms with Crippen molar-refractivity contribution >= 4 is 34.9 Å². The van der Waals surface area contributed by atoms with Crippen LogP contribution in [0.4, 0.5) is 5.69 Å². The summed E-state index contributed by atoms with van der Waals surface area (Å²) in [6, 6.07) is 7.08. The number of phenols is 1. The van der Waals surface area contributed by atoms with Crippen LogP contribution in [-0.2, 0) is 30.2 Å². The molecule has 5 N–H and O–H groups in total. The molecule has 0 unspecified atom stereocenters. The molecule has 3 heterocycles. The minimum absolute atomic E-state index is 0.0135. The molecule has 6 rings (SSSR count). The molecule has 0 saturated heterocycles. The summed E-state index contributed by atoms with van der Waals surface area (Å²) < 4.78 is 23.5. The molecule has 0 fully saturated rings. The maximum Gasteiger partial charge on any atom is 0.312 e. The lowest BCUT2D eigenvalue weighted by Crippen LogP contribution is -2.46. The lowest BCUT2D eigenvalue weighted by molar-refractivity contribution is -0.160. The number of para-hydroxylation sites is 1. The molecule has 0 radical (unpaired) electrons. The number of aryl methyl sites for hydroxylation is 1. The average molecular weight is 815 g/mol. The molecule has 0 spiro atoms. The molecule has 316 valence electrons. The van der Waals surface area contributed by atoms with Crippen LogP contribution < -0.4 is 15.4 Å². The average Bonchev–Trinajstić information content (AvgIpc) is 3.47. The summed E-state index contributed by atoms with van der Waals surface area (Å²) in [6.45, 7) is 14.3. The van der Waals surface area contributed by atoms with Gasteiger partial charge in [0.25, 0.3) is 11.7 Å². The lowest BCUT2D eigenvalue weighted by atomic mass is 9.78. The predicted molar refractivity (Wildman–Crippen MR) is 218 cm³/mol. The van der Waals surface area contributed by atoms with Crippen LogP contribution in [0, 0.1) is 30.6 Å². The molecule has 14 heteroatoms. The van der Waals surface area contributed by atoms with Crippen molar-refractivity contribution in [2.45, 2.75) is 98.9 Å². The van der Waals surface area contributed by atoms with Gasteiger partial charge in [0.1, 0.15) is 29.0 Å². The summed E-state index contributed by atoms with van der Waals surface area (Å²) in [5.41, 5.74) is -0.600. The zero-order valence-electron chi connectivity index (χ0n) is 35.0. The number of carbonyl (C=O) groups excluding carboxylic acids is 5. The number of allylic oxidation sites excluding steroid dienone is 4. The standard InChI is InChI=1S/C45H54N2O12/c1-11-28-17-12-13-18-29(28)46-34-35-40(53)32-31(39(34)52)33-42(26(7)38(32)51)59-45(9,43(33)54)57-20-19-30(56-10)23(4)41(58-27(8)48)25(6)37(50)24(5)36(49)21(2)15-14-16-22(3)44(55)47-35/h12-21,23-25,30,36-37,41,46,49-51H,11H2,1-10H3,(H,47,55)/b15-14+,20-19+,22-16-/t21-,23+,24+,25-,30-,36-,37-,41+,45-/m0/s1. The topological polar surface area (TPSA) is 207 Å². The van der Waals surface area contributed by atoms with Crippen LogP contribution in [0.2, 0.25) is 0 Å². The summed E-state index contributed by atoms with van der Waals surface area (Å²) in [7, 11) is 1.42. The number of rotatable bonds is 5. The van der Waals surface area contributed by atoms with Crippen LogP contribution in [0.15, 0.2) is 71.8 Å². The first-order valence-corrected chi connectivity index (χ1v) is 19.7. The fourth-order valence-electron chi connectivity index (χ4n) is 7.90. The van der Waals surface area contributed by atoms with Crippen molar-refractivity contribution in [1.82, 2.24) is 5.32 Å². The zero-order chi connectivity index (χ0) is 43.7. The van der Waals surface area contributed by atoms with E-state index in [1.807, 2.05) is 19.1 Å². The number of anilines is 1. The number of phenolic OH excluding ortho intramolecular Hbond substituents is 1. The molecule has 9 atom stereocenters. The number of nitrogens with one attached hydrogen (secondary N) is 2. The van der Waals surface area contributed by atoms with E-state index in [1.54, 1.807) is 52.0 Å². The van der Waals surface area contributed by atoms with Gasteiger partial charge in [-0.25, -0.2) is 0 Å². The van der Waals surface area contributed by atoms with Gasteiger partial charge in [-0.3, -0.25) is 24.0 Å². The molecule has 0 saturated carbocycles. The Morgan fingerprint density at radius 1 is 0.932 bits per heavy atom. The first-order valence-electron chi connectivity index (χ1n) is 19.7. The molecule has 2 aromatic rings. The van der Waals surface area contributed by atoms with Crippen molar-refractivity contribution in [3.63, 3.8) is 0 Å². The molecule has 0 aromatic heterocycles. The molecule has 5 bridgehead atoms. The number of hydrogen-bond donors (Lipinski definition) is 5. The number of amides is 1. The van der Waals surface area contributed by atoms with Gasteiger partial charge in [0.2, 0.25) is 11.6 Å². The van der Waals surface area contributed by atoms with Crippen molar-refractivity contribution in [2.75, 3.05) is 12.4 Å². The number of Topliss-reactive ketones (excluding diaryl/α,β-unsaturated/α-hetero) is 3. The zero-order valence-corrected chi connectivity index (χ0v) is 35.0. The number of aliphatic hydroxyl groups is 2. The third-order valence-corrected chi connectivity index (χ3v) is 11.6. The van der Waals surface area contributed by atoms with Crippen LogP contribution in [0.3, 0.4) is 0 Å². The number of carbonyl (C=O) groups is 5. The van der Waals surface area contributed by atoms with E-state index in [2.05, 4.69) is 10.6 Å². The fraction of sp³-hybridized carbons (Fsp3) is 0.444. The van der Waals surface area contributed by atoms with Crippen molar-refractivity contribution in [2.24, 2.45) is 23.7 Å². The highest BCUT2D eigenvalue weighted by molar-refractivity contribution is 6.33. The highest BCUT2D eigenvalue weighted by Gasteiger charge is 2.53. The number of fused-ring (bicyclic) bond motifs is 14. The Morgan fingerprint density at radius 3 is 2.25 bits per heavy atom. The third-order valence-electron chi connectivity index (χ3n) is 11.6. The van der Waals surface area contributed by atoms with E-state index in [4.69, 9.17) is 18.9 Å². The Hall–Kier alpha value is -5.57. The molecule has 59 heavy (non-hydrogen) atoms. The van der Waals surface area contributed by atoms with E-state index in [-0.39, 0.29) is 28.1 Å². The van der Waals surface area contributed by atoms with Crippen molar-refractivity contribution in [3.8, 4) is 11.5 Å². The molecule has 1 amide bonds. The van der Waals surface area contributed by atoms with Crippen molar-refractivity contribution < 1.29 is 58.2 Å². The first-order chi connectivity index (χ1) is 27.8. The second-order valence-corrected chi connectivity index (χ2v) is 15.7. The number of hydrogen-bond acceptors (Lipinski definition) is 13. The Morgan fingerprint density at radius 2 is 1.61 bits per heavy atom. The Bertz CT molecular complexity index is 2170. The summed E-state index contributed by atoms with van der Waals surface area (Å²) in [6.07, 6.45) is 3.92. The van der Waals surface area contributed by atoms with Gasteiger partial charge in [-0.1, -0.05) is 71.0 Å². The summed E-state index contributed by atoms with van der Waals surface area (Å²) in [5, 5.41) is 40.0. The molecule has 2 aromatic carbocycles. The second kappa shape index (κ2) is 17.7. The fourth-order valence-corrected chi connectivity index (χ4v) is 7.90. The largest absolute Gasteiger partial charge is 0.507 e. The van der Waals surface area contributed by atoms with Gasteiger partial charge in [-0.05, 0) is 38.0 Å². The normalized spacial score (nSPS) is 31.1. The first kappa shape index (κ1) is 44.5. The number of aromatic hydroxyl groups is 1. The smallest absolute Gasteiger partial charge is 0.312 e. The van der Waals surface area contributed by atoms with E-state index in [0.29, 0.717) is 12.1 Å². The molecular formula is C45H54N2O12. The van der Waals surface area contributed by atoms with E-state index < -0.39 is 106 Å². The van der Waals surface area contributed by atoms with Gasteiger partial charge in [-0.15, -0.1) is 0 Å². The summed E-state index contributed by atoms with van der Waals surface area (Å²) >= 11 is 0. The van der Waals surface area contributed by atoms with Crippen LogP contribution in [0.1, 0.15) is 97.6 Å². The minimum Gasteiger partial charge on any atom is -0.507 e. The van der Waals surface area contributed by atoms with Crippen LogP contribution in [0.25, 0.3) is 0 Å². The maximum atomic E-state index is 14.8. The maximum absolute atomic E-state index is 14.8. The second-order valence-electron chi connectivity index (χ2n) is 15.7. The van der Waals surface area contributed by atoms with Gasteiger partial charge >= 0.3 is 11.8 Å². The Kier molecular flexibility index (Phi) is 13.4. The summed E-state index contributed by atoms with van der Waals surface area (Å²) in [5.74, 6) is -9.38. The van der Waals surface area contributed by atoms with Gasteiger partial charge < -0.3 is 44.9 Å². The number of aliphatic hydroxyl groups excluding tert-OH is 2. The lowest BCUT2D eigenvalue weighted by Gasteiger charge is -2.38. The molecular weight excluding hydrogens is 760 g/mol. The minimum atomic E-state index is -2.10. The molecule has 3 aliphatic heterocycles. The van der Waals surface area contributed by atoms with E-state index in [0.717, 1.165) is 5.56 Å². The van der Waals surface area contributed by atoms with E-state index >= 15 is 0 Å². The monoisotopic (exact) mass is 814 g/mol. The SMILES string of the molecule is CCc1ccccc1NC1=C2NC(=O)/C(C)=C\C=C\[C@H](C)[C@H](O)[C@@H](C)[C@H](O)[C@H](C)[C@H](OC(C)=O)[C@H](C)[C@@H](OC)/C=C/O[C@@]3(C)Oc4c(C)c(O)c(c(c4C3=O)C1=O)C2=O. The van der Waals surface area contributed by atoms with Crippen LogP contribution in [-0.4, -0.2) is 81.9 Å². The van der Waals surface area contributed by atoms with Gasteiger partial charge in [-0.2, -0.15) is 0 Å². The van der Waals surface area contributed by atoms with Crippen LogP contribution >= 0.6 is 0 Å². The van der Waals surface area contributed by atoms with Gasteiger partial charge in [0.15, 0.2) is 0 Å². The highest BCUT2D eigenvalue weighted by Crippen LogP contribution is 2.49. The number of ketones is 3. The third kappa shape index (κ3) is 8.48. The quantitative estimate of drug-likeness (QED) is 0.232. The van der Waals surface area contributed by atoms with Crippen molar-refractivity contribution in [3.05, 3.63) is 99.6 Å². The van der Waals surface area contributed by atoms with E-state index in [1.165, 1.54) is 53.2 Å².